The number of rotatable bonds is 6. The first-order valence-electron chi connectivity index (χ1n) is 6.76. The Labute approximate surface area is 134 Å². The Bertz CT molecular complexity index is 669. The van der Waals surface area contributed by atoms with Crippen LogP contribution >= 0.6 is 11.6 Å². The Morgan fingerprint density at radius 3 is 2.73 bits per heavy atom. The molecule has 1 atom stereocenters. The van der Waals surface area contributed by atoms with Gasteiger partial charge >= 0.3 is 0 Å². The van der Waals surface area contributed by atoms with Gasteiger partial charge in [-0.15, -0.1) is 0 Å². The van der Waals surface area contributed by atoms with Crippen molar-refractivity contribution in [2.24, 2.45) is 0 Å². The Hall–Kier alpha value is -2.04. The van der Waals surface area contributed by atoms with Crippen LogP contribution in [-0.4, -0.2) is 24.6 Å². The van der Waals surface area contributed by atoms with Gasteiger partial charge in [0.25, 0.3) is 0 Å². The van der Waals surface area contributed by atoms with Crippen molar-refractivity contribution in [3.63, 3.8) is 0 Å². The second kappa shape index (κ2) is 7.29. The minimum absolute atomic E-state index is 0.0229. The lowest BCUT2D eigenvalue weighted by atomic mass is 10.1. The molecule has 22 heavy (non-hydrogen) atoms. The van der Waals surface area contributed by atoms with Crippen LogP contribution in [0.2, 0.25) is 5.02 Å². The SMILES string of the molecule is COc1cccc(C(O)COc2ccc(Cl)cc2C(C)=O)c1. The fourth-order valence-electron chi connectivity index (χ4n) is 2.02. The molecule has 0 aliphatic heterocycles. The molecular formula is C17H17ClO4. The number of benzene rings is 2. The monoisotopic (exact) mass is 320 g/mol. The molecule has 0 heterocycles. The number of halogens is 1. The van der Waals surface area contributed by atoms with E-state index in [1.54, 1.807) is 49.6 Å². The molecule has 0 fully saturated rings. The van der Waals surface area contributed by atoms with E-state index in [9.17, 15) is 9.90 Å². The van der Waals surface area contributed by atoms with Gasteiger partial charge in [0, 0.05) is 5.02 Å². The summed E-state index contributed by atoms with van der Waals surface area (Å²) < 4.78 is 10.7. The predicted octanol–water partition coefficient (Wildman–Crippen LogP) is 3.66. The molecule has 0 spiro atoms. The normalized spacial score (nSPS) is 11.8. The minimum Gasteiger partial charge on any atom is -0.497 e. The van der Waals surface area contributed by atoms with Crippen LogP contribution in [0.15, 0.2) is 42.5 Å². The van der Waals surface area contributed by atoms with Crippen LogP contribution in [0.5, 0.6) is 11.5 Å². The highest BCUT2D eigenvalue weighted by molar-refractivity contribution is 6.31. The van der Waals surface area contributed by atoms with Gasteiger partial charge in [0.1, 0.15) is 24.2 Å². The van der Waals surface area contributed by atoms with Crippen molar-refractivity contribution in [1.82, 2.24) is 0 Å². The molecule has 0 aliphatic carbocycles. The summed E-state index contributed by atoms with van der Waals surface area (Å²) in [6, 6.07) is 11.9. The topological polar surface area (TPSA) is 55.8 Å². The average Bonchev–Trinajstić information content (AvgIpc) is 2.53. The molecular weight excluding hydrogens is 304 g/mol. The molecule has 2 rings (SSSR count). The predicted molar refractivity (Wildman–Crippen MR) is 84.9 cm³/mol. The smallest absolute Gasteiger partial charge is 0.163 e. The third kappa shape index (κ3) is 4.00. The fraction of sp³-hybridized carbons (Fsp3) is 0.235. The highest BCUT2D eigenvalue weighted by Crippen LogP contribution is 2.25. The van der Waals surface area contributed by atoms with Crippen molar-refractivity contribution in [2.75, 3.05) is 13.7 Å². The van der Waals surface area contributed by atoms with Gasteiger partial charge in [0.15, 0.2) is 5.78 Å². The van der Waals surface area contributed by atoms with Crippen LogP contribution in [0, 0.1) is 0 Å². The number of carbonyl (C=O) groups is 1. The number of ketones is 1. The van der Waals surface area contributed by atoms with E-state index in [1.165, 1.54) is 6.92 Å². The van der Waals surface area contributed by atoms with Gasteiger partial charge in [-0.2, -0.15) is 0 Å². The number of Topliss-reactive ketones (excluding diaryl/α,β-unsaturated/α-hetero) is 1. The van der Waals surface area contributed by atoms with Gasteiger partial charge in [0.05, 0.1) is 12.7 Å². The zero-order valence-corrected chi connectivity index (χ0v) is 13.1. The third-order valence-electron chi connectivity index (χ3n) is 3.20. The van der Waals surface area contributed by atoms with E-state index in [1.807, 2.05) is 0 Å². The number of carbonyl (C=O) groups excluding carboxylic acids is 1. The number of methoxy groups -OCH3 is 1. The van der Waals surface area contributed by atoms with E-state index in [2.05, 4.69) is 0 Å². The van der Waals surface area contributed by atoms with Crippen LogP contribution in [0.1, 0.15) is 28.9 Å². The van der Waals surface area contributed by atoms with Gasteiger partial charge in [-0.25, -0.2) is 0 Å². The molecule has 1 unspecified atom stereocenters. The first-order chi connectivity index (χ1) is 10.5. The zero-order chi connectivity index (χ0) is 16.1. The lowest BCUT2D eigenvalue weighted by molar-refractivity contribution is 0.0977. The molecule has 116 valence electrons. The molecule has 2 aromatic carbocycles. The largest absolute Gasteiger partial charge is 0.497 e. The van der Waals surface area contributed by atoms with Crippen molar-refractivity contribution in [3.8, 4) is 11.5 Å². The van der Waals surface area contributed by atoms with E-state index in [-0.39, 0.29) is 12.4 Å². The Morgan fingerprint density at radius 1 is 1.27 bits per heavy atom. The number of aliphatic hydroxyl groups excluding tert-OH is 1. The average molecular weight is 321 g/mol. The number of hydrogen-bond donors (Lipinski definition) is 1. The number of hydrogen-bond acceptors (Lipinski definition) is 4. The van der Waals surface area contributed by atoms with Crippen molar-refractivity contribution in [3.05, 3.63) is 58.6 Å². The molecule has 0 saturated heterocycles. The van der Waals surface area contributed by atoms with Crippen molar-refractivity contribution >= 4 is 17.4 Å². The Kier molecular flexibility index (Phi) is 5.41. The van der Waals surface area contributed by atoms with Crippen molar-refractivity contribution < 1.29 is 19.4 Å². The second-order valence-corrected chi connectivity index (χ2v) is 5.24. The molecule has 4 nitrogen and oxygen atoms in total. The summed E-state index contributed by atoms with van der Waals surface area (Å²) >= 11 is 5.88. The van der Waals surface area contributed by atoms with Gasteiger partial charge in [-0.3, -0.25) is 4.79 Å². The Morgan fingerprint density at radius 2 is 2.05 bits per heavy atom. The van der Waals surface area contributed by atoms with Gasteiger partial charge in [-0.1, -0.05) is 23.7 Å². The second-order valence-electron chi connectivity index (χ2n) is 4.80. The quantitative estimate of drug-likeness (QED) is 0.825. The molecule has 0 bridgehead atoms. The summed E-state index contributed by atoms with van der Waals surface area (Å²) in [5.41, 5.74) is 1.07. The summed E-state index contributed by atoms with van der Waals surface area (Å²) in [7, 11) is 1.56. The molecule has 0 aromatic heterocycles. The maximum absolute atomic E-state index is 11.6. The molecule has 0 saturated carbocycles. The first-order valence-corrected chi connectivity index (χ1v) is 7.14. The van der Waals surface area contributed by atoms with Crippen LogP contribution < -0.4 is 9.47 Å². The lowest BCUT2D eigenvalue weighted by Gasteiger charge is -2.15. The van der Waals surface area contributed by atoms with Gasteiger partial charge in [0.2, 0.25) is 0 Å². The molecule has 5 heteroatoms. The van der Waals surface area contributed by atoms with E-state index in [0.29, 0.717) is 27.6 Å². The van der Waals surface area contributed by atoms with E-state index >= 15 is 0 Å². The van der Waals surface area contributed by atoms with E-state index < -0.39 is 6.10 Å². The minimum atomic E-state index is -0.828. The maximum Gasteiger partial charge on any atom is 0.163 e. The Balaban J connectivity index is 2.11. The summed E-state index contributed by atoms with van der Waals surface area (Å²) in [5, 5.41) is 10.7. The van der Waals surface area contributed by atoms with Crippen LogP contribution in [-0.2, 0) is 0 Å². The standard InChI is InChI=1S/C17H17ClO4/c1-11(19)15-9-13(18)6-7-17(15)22-10-16(20)12-4-3-5-14(8-12)21-2/h3-9,16,20H,10H2,1-2H3. The van der Waals surface area contributed by atoms with Gasteiger partial charge < -0.3 is 14.6 Å². The van der Waals surface area contributed by atoms with Crippen LogP contribution in [0.25, 0.3) is 0 Å². The van der Waals surface area contributed by atoms with Crippen molar-refractivity contribution in [2.45, 2.75) is 13.0 Å². The summed E-state index contributed by atoms with van der Waals surface area (Å²) in [5.74, 6) is 0.916. The highest BCUT2D eigenvalue weighted by atomic mass is 35.5. The lowest BCUT2D eigenvalue weighted by Crippen LogP contribution is -2.11. The molecule has 0 radical (unpaired) electrons. The number of ether oxygens (including phenoxy) is 2. The molecule has 0 amide bonds. The zero-order valence-electron chi connectivity index (χ0n) is 12.4. The van der Waals surface area contributed by atoms with Crippen molar-refractivity contribution in [1.29, 1.82) is 0 Å². The van der Waals surface area contributed by atoms with Crippen LogP contribution in [0.4, 0.5) is 0 Å². The highest BCUT2D eigenvalue weighted by Gasteiger charge is 2.13. The summed E-state index contributed by atoms with van der Waals surface area (Å²) in [4.78, 5) is 11.6. The maximum atomic E-state index is 11.6. The molecule has 2 aromatic rings. The summed E-state index contributed by atoms with van der Waals surface area (Å²) in [6.45, 7) is 1.46. The van der Waals surface area contributed by atoms with E-state index in [4.69, 9.17) is 21.1 Å². The van der Waals surface area contributed by atoms with Gasteiger partial charge in [-0.05, 0) is 42.8 Å². The fourth-order valence-corrected chi connectivity index (χ4v) is 2.19. The number of aliphatic hydroxyl groups is 1. The summed E-state index contributed by atoms with van der Waals surface area (Å²) in [6.07, 6.45) is -0.828. The first kappa shape index (κ1) is 16.3. The van der Waals surface area contributed by atoms with E-state index in [0.717, 1.165) is 0 Å². The molecule has 1 N–H and O–H groups in total. The van der Waals surface area contributed by atoms with Crippen LogP contribution in [0.3, 0.4) is 0 Å². The third-order valence-corrected chi connectivity index (χ3v) is 3.43. The molecule has 0 aliphatic rings.